The van der Waals surface area contributed by atoms with Crippen LogP contribution in [0.15, 0.2) is 0 Å². The number of ketones is 1. The predicted octanol–water partition coefficient (Wildman–Crippen LogP) is 3.18. The van der Waals surface area contributed by atoms with Gasteiger partial charge in [0.05, 0.1) is 12.2 Å². The van der Waals surface area contributed by atoms with Crippen LogP contribution in [-0.2, 0) is 4.79 Å². The van der Waals surface area contributed by atoms with Gasteiger partial charge in [0.25, 0.3) is 0 Å². The Bertz CT molecular complexity index is 517. The molecule has 0 saturated heterocycles. The number of aliphatic hydroxyl groups excluding tert-OH is 2. The van der Waals surface area contributed by atoms with Gasteiger partial charge >= 0.3 is 0 Å². The second kappa shape index (κ2) is 5.05. The zero-order valence-electron chi connectivity index (χ0n) is 14.8. The number of fused-ring (bicyclic) bond motifs is 5. The number of hydrogen-bond acceptors (Lipinski definition) is 3. The molecule has 0 aliphatic heterocycles. The zero-order chi connectivity index (χ0) is 16.6. The first-order valence-electron chi connectivity index (χ1n) is 9.68. The van der Waals surface area contributed by atoms with Crippen molar-refractivity contribution in [1.29, 1.82) is 0 Å². The maximum atomic E-state index is 12.7. The van der Waals surface area contributed by atoms with E-state index in [0.29, 0.717) is 29.5 Å². The summed E-state index contributed by atoms with van der Waals surface area (Å²) < 4.78 is 0. The molecule has 0 spiro atoms. The molecule has 4 saturated carbocycles. The third-order valence-corrected chi connectivity index (χ3v) is 8.66. The molecular weight excluding hydrogens is 288 g/mol. The normalized spacial score (nSPS) is 59.2. The van der Waals surface area contributed by atoms with Crippen molar-refractivity contribution < 1.29 is 15.0 Å². The molecule has 1 unspecified atom stereocenters. The fraction of sp³-hybridized carbons (Fsp3) is 0.950. The highest BCUT2D eigenvalue weighted by Crippen LogP contribution is 2.66. The molecule has 3 heteroatoms. The van der Waals surface area contributed by atoms with Crippen molar-refractivity contribution in [1.82, 2.24) is 0 Å². The van der Waals surface area contributed by atoms with Gasteiger partial charge < -0.3 is 10.2 Å². The number of carbonyl (C=O) groups excluding carboxylic acids is 1. The van der Waals surface area contributed by atoms with E-state index in [4.69, 9.17) is 0 Å². The molecule has 4 rings (SSSR count). The first kappa shape index (κ1) is 16.1. The topological polar surface area (TPSA) is 57.5 Å². The summed E-state index contributed by atoms with van der Waals surface area (Å²) in [6.07, 6.45) is 6.25. The van der Waals surface area contributed by atoms with E-state index in [1.807, 2.05) is 0 Å². The van der Waals surface area contributed by atoms with E-state index in [1.165, 1.54) is 0 Å². The van der Waals surface area contributed by atoms with Gasteiger partial charge in [-0.25, -0.2) is 0 Å². The van der Waals surface area contributed by atoms with Crippen LogP contribution in [-0.4, -0.2) is 28.2 Å². The van der Waals surface area contributed by atoms with Gasteiger partial charge in [-0.1, -0.05) is 20.8 Å². The van der Waals surface area contributed by atoms with E-state index in [0.717, 1.165) is 44.9 Å². The van der Waals surface area contributed by atoms with Gasteiger partial charge in [-0.3, -0.25) is 4.79 Å². The first-order valence-corrected chi connectivity index (χ1v) is 9.68. The highest BCUT2D eigenvalue weighted by Gasteiger charge is 2.63. The Morgan fingerprint density at radius 2 is 1.74 bits per heavy atom. The monoisotopic (exact) mass is 320 g/mol. The molecule has 4 fully saturated rings. The lowest BCUT2D eigenvalue weighted by molar-refractivity contribution is -0.171. The van der Waals surface area contributed by atoms with Crippen molar-refractivity contribution in [3.05, 3.63) is 0 Å². The predicted molar refractivity (Wildman–Crippen MR) is 88.7 cm³/mol. The number of rotatable bonds is 0. The van der Waals surface area contributed by atoms with Gasteiger partial charge in [-0.15, -0.1) is 0 Å². The fourth-order valence-electron chi connectivity index (χ4n) is 7.32. The maximum absolute atomic E-state index is 12.7. The lowest BCUT2D eigenvalue weighted by Gasteiger charge is -2.61. The standard InChI is InChI=1S/C20H32O3/c1-11-8-15-17-14(5-7-20(15,3)18(11)23)19(2)6-4-13(21)9-12(19)10-16(17)22/h11-17,21-22H,4-10H2,1-3H3/t11?,12-,13+,14-,15-,16+,17+,19-,20-/m0/s1. The summed E-state index contributed by atoms with van der Waals surface area (Å²) in [4.78, 5) is 12.7. The van der Waals surface area contributed by atoms with Crippen molar-refractivity contribution in [2.24, 2.45) is 40.4 Å². The third kappa shape index (κ3) is 2.05. The molecule has 0 bridgehead atoms. The van der Waals surface area contributed by atoms with Gasteiger partial charge in [-0.05, 0) is 74.0 Å². The molecule has 4 aliphatic carbocycles. The zero-order valence-corrected chi connectivity index (χ0v) is 14.8. The van der Waals surface area contributed by atoms with Crippen LogP contribution in [0.4, 0.5) is 0 Å². The smallest absolute Gasteiger partial charge is 0.141 e. The average molecular weight is 320 g/mol. The minimum Gasteiger partial charge on any atom is -0.393 e. The van der Waals surface area contributed by atoms with Gasteiger partial charge in [-0.2, -0.15) is 0 Å². The molecule has 0 amide bonds. The SMILES string of the molecule is CC1C[C@H]2[C@@H]3[C@H](O)C[C@@H]4C[C@H](O)CC[C@]4(C)[C@H]3CC[C@]2(C)C1=O. The molecule has 3 nitrogen and oxygen atoms in total. The average Bonchev–Trinajstić information content (AvgIpc) is 2.73. The van der Waals surface area contributed by atoms with Crippen LogP contribution in [0.2, 0.25) is 0 Å². The van der Waals surface area contributed by atoms with Gasteiger partial charge in [0.1, 0.15) is 5.78 Å². The molecule has 0 heterocycles. The second-order valence-electron chi connectivity index (χ2n) is 9.68. The summed E-state index contributed by atoms with van der Waals surface area (Å²) in [7, 11) is 0. The van der Waals surface area contributed by atoms with Crippen LogP contribution < -0.4 is 0 Å². The number of carbonyl (C=O) groups is 1. The molecule has 2 N–H and O–H groups in total. The fourth-order valence-corrected chi connectivity index (χ4v) is 7.32. The highest BCUT2D eigenvalue weighted by atomic mass is 16.3. The van der Waals surface area contributed by atoms with Crippen LogP contribution in [0.25, 0.3) is 0 Å². The van der Waals surface area contributed by atoms with Crippen molar-refractivity contribution >= 4 is 5.78 Å². The van der Waals surface area contributed by atoms with Gasteiger partial charge in [0.15, 0.2) is 0 Å². The van der Waals surface area contributed by atoms with Crippen molar-refractivity contribution in [2.45, 2.75) is 77.9 Å². The molecule has 0 radical (unpaired) electrons. The Morgan fingerprint density at radius 1 is 1.00 bits per heavy atom. The lowest BCUT2D eigenvalue weighted by atomic mass is 9.44. The number of Topliss-reactive ketones (excluding diaryl/α,β-unsaturated/α-hetero) is 1. The van der Waals surface area contributed by atoms with Crippen molar-refractivity contribution in [3.63, 3.8) is 0 Å². The summed E-state index contributed by atoms with van der Waals surface area (Å²) in [5.74, 6) is 2.23. The summed E-state index contributed by atoms with van der Waals surface area (Å²) in [6, 6.07) is 0. The van der Waals surface area contributed by atoms with E-state index in [1.54, 1.807) is 0 Å². The van der Waals surface area contributed by atoms with Crippen molar-refractivity contribution in [2.75, 3.05) is 0 Å². The molecule has 0 aromatic rings. The molecule has 0 aromatic heterocycles. The molecule has 130 valence electrons. The van der Waals surface area contributed by atoms with Crippen LogP contribution >= 0.6 is 0 Å². The quantitative estimate of drug-likeness (QED) is 0.721. The third-order valence-electron chi connectivity index (χ3n) is 8.66. The summed E-state index contributed by atoms with van der Waals surface area (Å²) in [6.45, 7) is 6.67. The lowest BCUT2D eigenvalue weighted by Crippen LogP contribution is -2.58. The highest BCUT2D eigenvalue weighted by molar-refractivity contribution is 5.89. The minimum absolute atomic E-state index is 0.162. The van der Waals surface area contributed by atoms with E-state index in [9.17, 15) is 15.0 Å². The van der Waals surface area contributed by atoms with E-state index in [2.05, 4.69) is 20.8 Å². The van der Waals surface area contributed by atoms with Gasteiger partial charge in [0, 0.05) is 11.3 Å². The second-order valence-corrected chi connectivity index (χ2v) is 9.68. The first-order chi connectivity index (χ1) is 10.8. The Labute approximate surface area is 139 Å². The van der Waals surface area contributed by atoms with Gasteiger partial charge in [0.2, 0.25) is 0 Å². The molecule has 23 heavy (non-hydrogen) atoms. The van der Waals surface area contributed by atoms with Crippen LogP contribution in [0.1, 0.15) is 65.7 Å². The summed E-state index contributed by atoms with van der Waals surface area (Å²) in [5, 5.41) is 21.1. The Morgan fingerprint density at radius 3 is 2.48 bits per heavy atom. The number of hydrogen-bond donors (Lipinski definition) is 2. The Kier molecular flexibility index (Phi) is 3.53. The van der Waals surface area contributed by atoms with Crippen LogP contribution in [0.5, 0.6) is 0 Å². The maximum Gasteiger partial charge on any atom is 0.141 e. The largest absolute Gasteiger partial charge is 0.393 e. The summed E-state index contributed by atoms with van der Waals surface area (Å²) >= 11 is 0. The molecule has 9 atom stereocenters. The summed E-state index contributed by atoms with van der Waals surface area (Å²) in [5.41, 5.74) is 0.0538. The molecular formula is C20H32O3. The van der Waals surface area contributed by atoms with Crippen molar-refractivity contribution in [3.8, 4) is 0 Å². The molecule has 4 aliphatic rings. The number of aliphatic hydroxyl groups is 2. The van der Waals surface area contributed by atoms with E-state index < -0.39 is 0 Å². The van der Waals surface area contributed by atoms with E-state index in [-0.39, 0.29) is 29.0 Å². The minimum atomic E-state index is -0.286. The Hall–Kier alpha value is -0.410. The molecule has 0 aromatic carbocycles. The Balaban J connectivity index is 1.69. The van der Waals surface area contributed by atoms with E-state index >= 15 is 0 Å². The van der Waals surface area contributed by atoms with Crippen LogP contribution in [0.3, 0.4) is 0 Å². The van der Waals surface area contributed by atoms with Crippen LogP contribution in [0, 0.1) is 40.4 Å².